The van der Waals surface area contributed by atoms with Crippen LogP contribution in [0.15, 0.2) is 66.7 Å². The van der Waals surface area contributed by atoms with Gasteiger partial charge in [0.25, 0.3) is 0 Å². The summed E-state index contributed by atoms with van der Waals surface area (Å²) in [5.74, 6) is -0.208. The second-order valence-corrected chi connectivity index (χ2v) is 8.18. The number of carbonyl (C=O) groups excluding carboxylic acids is 1. The van der Waals surface area contributed by atoms with Crippen LogP contribution in [0.25, 0.3) is 0 Å². The number of nitrogens with one attached hydrogen (secondary N) is 2. The van der Waals surface area contributed by atoms with E-state index in [1.54, 1.807) is 19.2 Å². The maximum Gasteiger partial charge on any atom is 0.416 e. The van der Waals surface area contributed by atoms with Crippen LogP contribution < -0.4 is 10.6 Å². The third-order valence-corrected chi connectivity index (χ3v) is 5.59. The molecule has 0 fully saturated rings. The van der Waals surface area contributed by atoms with E-state index >= 15 is 0 Å². The lowest BCUT2D eigenvalue weighted by atomic mass is 9.98. The van der Waals surface area contributed by atoms with E-state index in [1.807, 2.05) is 37.3 Å². The number of rotatable bonds is 8. The molecule has 1 aromatic heterocycles. The van der Waals surface area contributed by atoms with Crippen molar-refractivity contribution in [2.45, 2.75) is 38.0 Å². The summed E-state index contributed by atoms with van der Waals surface area (Å²) in [5.41, 5.74) is 2.59. The molecule has 0 radical (unpaired) electrons. The van der Waals surface area contributed by atoms with E-state index in [1.165, 1.54) is 12.1 Å². The number of amides is 1. The van der Waals surface area contributed by atoms with Gasteiger partial charge in [0.15, 0.2) is 0 Å². The summed E-state index contributed by atoms with van der Waals surface area (Å²) in [7, 11) is 1.57. The van der Waals surface area contributed by atoms with Gasteiger partial charge in [0.05, 0.1) is 17.3 Å². The Hall–Kier alpha value is -2.90. The molecule has 0 spiro atoms. The van der Waals surface area contributed by atoms with Crippen molar-refractivity contribution < 1.29 is 18.0 Å². The molecule has 2 aromatic carbocycles. The van der Waals surface area contributed by atoms with Crippen LogP contribution in [-0.4, -0.2) is 17.9 Å². The molecule has 3 rings (SSSR count). The number of alkyl halides is 3. The first-order chi connectivity index (χ1) is 15.7. The van der Waals surface area contributed by atoms with Crippen LogP contribution in [0.5, 0.6) is 0 Å². The zero-order valence-electron chi connectivity index (χ0n) is 18.3. The van der Waals surface area contributed by atoms with Gasteiger partial charge in [0.2, 0.25) is 5.91 Å². The molecule has 2 N–H and O–H groups in total. The highest BCUT2D eigenvalue weighted by atomic mass is 35.5. The Morgan fingerprint density at radius 2 is 1.70 bits per heavy atom. The molecule has 0 saturated heterocycles. The zero-order valence-corrected chi connectivity index (χ0v) is 19.0. The van der Waals surface area contributed by atoms with Crippen LogP contribution in [0.2, 0.25) is 5.15 Å². The van der Waals surface area contributed by atoms with E-state index in [0.717, 1.165) is 28.8 Å². The largest absolute Gasteiger partial charge is 0.416 e. The van der Waals surface area contributed by atoms with Gasteiger partial charge in [-0.1, -0.05) is 59.6 Å². The van der Waals surface area contributed by atoms with Crippen molar-refractivity contribution in [1.82, 2.24) is 15.6 Å². The summed E-state index contributed by atoms with van der Waals surface area (Å²) in [5, 5.41) is 6.38. The number of benzene rings is 2. The Kier molecular flexibility index (Phi) is 8.10. The zero-order chi connectivity index (χ0) is 24.0. The highest BCUT2D eigenvalue weighted by molar-refractivity contribution is 6.29. The first kappa shape index (κ1) is 24.7. The number of likely N-dealkylation sites (N-methyl/N-ethyl adjacent to an activating group) is 1. The molecule has 4 nitrogen and oxygen atoms in total. The van der Waals surface area contributed by atoms with Crippen LogP contribution >= 0.6 is 11.6 Å². The van der Waals surface area contributed by atoms with Crippen LogP contribution in [-0.2, 0) is 17.4 Å². The number of halogens is 4. The van der Waals surface area contributed by atoms with E-state index in [9.17, 15) is 18.0 Å². The Bertz CT molecular complexity index is 1070. The number of pyridine rings is 1. The highest BCUT2D eigenvalue weighted by Gasteiger charge is 2.30. The fraction of sp³-hybridized carbons (Fsp3) is 0.280. The minimum atomic E-state index is -4.37. The van der Waals surface area contributed by atoms with Crippen molar-refractivity contribution in [3.05, 3.63) is 99.8 Å². The lowest BCUT2D eigenvalue weighted by molar-refractivity contribution is -0.137. The second-order valence-electron chi connectivity index (χ2n) is 7.80. The molecule has 2 atom stereocenters. The van der Waals surface area contributed by atoms with Crippen LogP contribution in [0.4, 0.5) is 13.2 Å². The summed E-state index contributed by atoms with van der Waals surface area (Å²) in [4.78, 5) is 17.1. The molecular formula is C25H25ClF3N3O. The standard InChI is InChI=1S/C25H25ClF3N3O/c1-16-6-11-18(12-7-16)23(24(33)30-2)32-21(20-4-3-5-22(26)31-20)15-10-17-8-13-19(14-9-17)25(27,28)29/h3-9,11-14,21,23,32H,10,15H2,1-2H3,(H,30,33). The number of nitrogens with zero attached hydrogens (tertiary/aromatic N) is 1. The smallest absolute Gasteiger partial charge is 0.358 e. The number of hydrogen-bond donors (Lipinski definition) is 2. The molecule has 0 bridgehead atoms. The maximum absolute atomic E-state index is 12.9. The van der Waals surface area contributed by atoms with Crippen molar-refractivity contribution in [3.8, 4) is 0 Å². The Morgan fingerprint density at radius 1 is 1.03 bits per heavy atom. The third kappa shape index (κ3) is 6.79. The van der Waals surface area contributed by atoms with Crippen molar-refractivity contribution in [2.75, 3.05) is 7.05 Å². The molecule has 0 aliphatic heterocycles. The Balaban J connectivity index is 1.85. The molecule has 3 aromatic rings. The average Bonchev–Trinajstić information content (AvgIpc) is 2.79. The van der Waals surface area contributed by atoms with Gasteiger partial charge in [-0.05, 0) is 55.2 Å². The number of carbonyl (C=O) groups is 1. The SMILES string of the molecule is CNC(=O)C(NC(CCc1ccc(C(F)(F)F)cc1)c1cccc(Cl)n1)c1ccc(C)cc1. The number of aryl methyl sites for hydroxylation is 2. The predicted molar refractivity (Wildman–Crippen MR) is 123 cm³/mol. The molecule has 1 amide bonds. The van der Waals surface area contributed by atoms with Crippen LogP contribution in [0.1, 0.15) is 46.5 Å². The van der Waals surface area contributed by atoms with E-state index in [4.69, 9.17) is 11.6 Å². The van der Waals surface area contributed by atoms with Crippen molar-refractivity contribution in [3.63, 3.8) is 0 Å². The van der Waals surface area contributed by atoms with Gasteiger partial charge < -0.3 is 5.32 Å². The molecule has 0 aliphatic carbocycles. The van der Waals surface area contributed by atoms with E-state index in [-0.39, 0.29) is 11.9 Å². The molecule has 0 aliphatic rings. The van der Waals surface area contributed by atoms with Crippen LogP contribution in [0, 0.1) is 6.92 Å². The molecule has 8 heteroatoms. The Labute approximate surface area is 196 Å². The molecule has 1 heterocycles. The lowest BCUT2D eigenvalue weighted by Crippen LogP contribution is -2.38. The number of hydrogen-bond acceptors (Lipinski definition) is 3. The topological polar surface area (TPSA) is 54.0 Å². The molecule has 33 heavy (non-hydrogen) atoms. The summed E-state index contributed by atoms with van der Waals surface area (Å²) in [6.45, 7) is 1.97. The van der Waals surface area contributed by atoms with Crippen molar-refractivity contribution >= 4 is 17.5 Å². The third-order valence-electron chi connectivity index (χ3n) is 5.38. The van der Waals surface area contributed by atoms with Crippen molar-refractivity contribution in [1.29, 1.82) is 0 Å². The minimum Gasteiger partial charge on any atom is -0.358 e. The second kappa shape index (κ2) is 10.8. The molecule has 174 valence electrons. The summed E-state index contributed by atoms with van der Waals surface area (Å²) < 4.78 is 38.6. The summed E-state index contributed by atoms with van der Waals surface area (Å²) in [6, 6.07) is 17.0. The monoisotopic (exact) mass is 475 g/mol. The van der Waals surface area contributed by atoms with Crippen LogP contribution in [0.3, 0.4) is 0 Å². The summed E-state index contributed by atoms with van der Waals surface area (Å²) in [6.07, 6.45) is -3.39. The van der Waals surface area contributed by atoms with Gasteiger partial charge >= 0.3 is 6.18 Å². The molecule has 0 saturated carbocycles. The fourth-order valence-electron chi connectivity index (χ4n) is 3.53. The van der Waals surface area contributed by atoms with Gasteiger partial charge in [-0.15, -0.1) is 0 Å². The van der Waals surface area contributed by atoms with E-state index < -0.39 is 17.8 Å². The normalized spacial score (nSPS) is 13.4. The van der Waals surface area contributed by atoms with Gasteiger partial charge in [-0.2, -0.15) is 13.2 Å². The van der Waals surface area contributed by atoms with Gasteiger partial charge in [0.1, 0.15) is 11.2 Å². The molecular weight excluding hydrogens is 451 g/mol. The minimum absolute atomic E-state index is 0.208. The summed E-state index contributed by atoms with van der Waals surface area (Å²) >= 11 is 6.10. The van der Waals surface area contributed by atoms with Gasteiger partial charge in [-0.3, -0.25) is 10.1 Å². The van der Waals surface area contributed by atoms with E-state index in [2.05, 4.69) is 15.6 Å². The molecule has 2 unspecified atom stereocenters. The average molecular weight is 476 g/mol. The number of aromatic nitrogens is 1. The maximum atomic E-state index is 12.9. The van der Waals surface area contributed by atoms with Gasteiger partial charge in [-0.25, -0.2) is 4.98 Å². The van der Waals surface area contributed by atoms with E-state index in [0.29, 0.717) is 23.7 Å². The van der Waals surface area contributed by atoms with Gasteiger partial charge in [0, 0.05) is 7.05 Å². The predicted octanol–water partition coefficient (Wildman–Crippen LogP) is 5.81. The quantitative estimate of drug-likeness (QED) is 0.404. The fourth-order valence-corrected chi connectivity index (χ4v) is 3.70. The first-order valence-electron chi connectivity index (χ1n) is 10.5. The lowest BCUT2D eigenvalue weighted by Gasteiger charge is -2.25. The first-order valence-corrected chi connectivity index (χ1v) is 10.9. The highest BCUT2D eigenvalue weighted by Crippen LogP contribution is 2.30. The Morgan fingerprint density at radius 3 is 2.27 bits per heavy atom. The van der Waals surface area contributed by atoms with Crippen molar-refractivity contribution in [2.24, 2.45) is 0 Å².